The fourth-order valence-electron chi connectivity index (χ4n) is 2.42. The van der Waals surface area contributed by atoms with E-state index in [0.29, 0.717) is 10.5 Å². The maximum Gasteiger partial charge on any atom is 0.137 e. The molecule has 1 aromatic carbocycles. The van der Waals surface area contributed by atoms with Crippen LogP contribution in [-0.2, 0) is 0 Å². The van der Waals surface area contributed by atoms with Gasteiger partial charge < -0.3 is 5.32 Å². The second kappa shape index (κ2) is 7.43. The molecule has 5 heteroatoms. The number of hydrogen-bond donors (Lipinski definition) is 1. The van der Waals surface area contributed by atoms with Crippen molar-refractivity contribution in [3.05, 3.63) is 34.1 Å². The number of hydrogen-bond acceptors (Lipinski definition) is 2. The minimum atomic E-state index is -0.170. The zero-order valence-electron chi connectivity index (χ0n) is 10.5. The summed E-state index contributed by atoms with van der Waals surface area (Å²) >= 11 is 3.20. The number of halogens is 3. The summed E-state index contributed by atoms with van der Waals surface area (Å²) in [7, 11) is 0. The third kappa shape index (κ3) is 3.67. The van der Waals surface area contributed by atoms with Crippen molar-refractivity contribution in [3.8, 4) is 0 Å². The lowest BCUT2D eigenvalue weighted by Crippen LogP contribution is -2.45. The van der Waals surface area contributed by atoms with Gasteiger partial charge in [-0.3, -0.25) is 4.90 Å². The first-order valence-corrected chi connectivity index (χ1v) is 6.91. The van der Waals surface area contributed by atoms with Crippen molar-refractivity contribution in [3.63, 3.8) is 0 Å². The van der Waals surface area contributed by atoms with Crippen LogP contribution >= 0.6 is 28.3 Å². The van der Waals surface area contributed by atoms with Gasteiger partial charge in [0.1, 0.15) is 5.82 Å². The molecular formula is C13H19BrClFN2. The summed E-state index contributed by atoms with van der Waals surface area (Å²) in [6.45, 7) is 6.28. The third-order valence-electron chi connectivity index (χ3n) is 3.31. The maximum absolute atomic E-state index is 13.6. The van der Waals surface area contributed by atoms with E-state index in [2.05, 4.69) is 33.1 Å². The van der Waals surface area contributed by atoms with Gasteiger partial charge in [0.05, 0.1) is 4.47 Å². The zero-order chi connectivity index (χ0) is 12.3. The van der Waals surface area contributed by atoms with Gasteiger partial charge in [-0.2, -0.15) is 0 Å². The highest BCUT2D eigenvalue weighted by atomic mass is 79.9. The lowest BCUT2D eigenvalue weighted by Gasteiger charge is -2.34. The lowest BCUT2D eigenvalue weighted by atomic mass is 10.0. The molecule has 2 nitrogen and oxygen atoms in total. The number of piperazine rings is 1. The average molecular weight is 338 g/mol. The molecule has 102 valence electrons. The first kappa shape index (κ1) is 15.9. The summed E-state index contributed by atoms with van der Waals surface area (Å²) in [5.74, 6) is -0.170. The van der Waals surface area contributed by atoms with Gasteiger partial charge in [-0.1, -0.05) is 13.0 Å². The summed E-state index contributed by atoms with van der Waals surface area (Å²) in [6.07, 6.45) is 1.01. The van der Waals surface area contributed by atoms with Crippen molar-refractivity contribution < 1.29 is 4.39 Å². The van der Waals surface area contributed by atoms with Crippen LogP contribution in [0.4, 0.5) is 4.39 Å². The van der Waals surface area contributed by atoms with E-state index in [-0.39, 0.29) is 18.2 Å². The Labute approximate surface area is 122 Å². The van der Waals surface area contributed by atoms with Crippen LogP contribution in [0, 0.1) is 5.82 Å². The van der Waals surface area contributed by atoms with E-state index < -0.39 is 0 Å². The fourth-order valence-corrected chi connectivity index (χ4v) is 2.66. The highest BCUT2D eigenvalue weighted by molar-refractivity contribution is 9.10. The minimum absolute atomic E-state index is 0. The van der Waals surface area contributed by atoms with Crippen LogP contribution in [0.15, 0.2) is 22.7 Å². The highest BCUT2D eigenvalue weighted by Crippen LogP contribution is 2.27. The van der Waals surface area contributed by atoms with Crippen molar-refractivity contribution >= 4 is 28.3 Å². The van der Waals surface area contributed by atoms with Crippen LogP contribution in [-0.4, -0.2) is 31.1 Å². The Kier molecular flexibility index (Phi) is 6.57. The van der Waals surface area contributed by atoms with Crippen LogP contribution in [0.2, 0.25) is 0 Å². The van der Waals surface area contributed by atoms with Crippen molar-refractivity contribution in [1.82, 2.24) is 10.2 Å². The summed E-state index contributed by atoms with van der Waals surface area (Å²) < 4.78 is 14.1. The van der Waals surface area contributed by atoms with Gasteiger partial charge in [-0.15, -0.1) is 12.4 Å². The molecule has 1 aromatic rings. The quantitative estimate of drug-likeness (QED) is 0.910. The molecule has 1 aliphatic rings. The molecule has 1 atom stereocenters. The van der Waals surface area contributed by atoms with Gasteiger partial charge in [0.25, 0.3) is 0 Å². The Morgan fingerprint density at radius 1 is 1.39 bits per heavy atom. The molecule has 0 spiro atoms. The topological polar surface area (TPSA) is 15.3 Å². The molecular weight excluding hydrogens is 319 g/mol. The first-order valence-electron chi connectivity index (χ1n) is 6.12. The first-order chi connectivity index (χ1) is 8.22. The van der Waals surface area contributed by atoms with Crippen molar-refractivity contribution in [2.24, 2.45) is 0 Å². The molecule has 1 heterocycles. The molecule has 0 aliphatic carbocycles. The van der Waals surface area contributed by atoms with Crippen LogP contribution in [0.5, 0.6) is 0 Å². The van der Waals surface area contributed by atoms with E-state index in [1.165, 1.54) is 0 Å². The number of rotatable bonds is 3. The Hall–Kier alpha value is -0.160. The molecule has 0 radical (unpaired) electrons. The van der Waals surface area contributed by atoms with E-state index >= 15 is 0 Å². The van der Waals surface area contributed by atoms with E-state index in [1.54, 1.807) is 12.1 Å². The Morgan fingerprint density at radius 3 is 2.61 bits per heavy atom. The second-order valence-electron chi connectivity index (χ2n) is 4.38. The van der Waals surface area contributed by atoms with Crippen molar-refractivity contribution in [1.29, 1.82) is 0 Å². The zero-order valence-corrected chi connectivity index (χ0v) is 12.9. The van der Waals surface area contributed by atoms with E-state index in [9.17, 15) is 4.39 Å². The molecule has 1 N–H and O–H groups in total. The standard InChI is InChI=1S/C13H18BrFN2.ClH/c1-2-13(17-7-5-16-6-8-17)10-3-4-11(14)12(15)9-10;/h3-4,9,13,16H,2,5-8H2,1H3;1H/t13-;/m0./s1. The van der Waals surface area contributed by atoms with Gasteiger partial charge in [-0.25, -0.2) is 4.39 Å². The predicted molar refractivity (Wildman–Crippen MR) is 78.8 cm³/mol. The van der Waals surface area contributed by atoms with Crippen LogP contribution in [0.25, 0.3) is 0 Å². The van der Waals surface area contributed by atoms with Crippen molar-refractivity contribution in [2.75, 3.05) is 26.2 Å². The Balaban J connectivity index is 0.00000162. The molecule has 0 bridgehead atoms. The minimum Gasteiger partial charge on any atom is -0.314 e. The average Bonchev–Trinajstić information content (AvgIpc) is 2.36. The van der Waals surface area contributed by atoms with E-state index in [4.69, 9.17) is 0 Å². The normalized spacial score (nSPS) is 18.2. The fraction of sp³-hybridized carbons (Fsp3) is 0.538. The monoisotopic (exact) mass is 336 g/mol. The van der Waals surface area contributed by atoms with Crippen LogP contribution in [0.3, 0.4) is 0 Å². The third-order valence-corrected chi connectivity index (χ3v) is 3.95. The SMILES string of the molecule is CC[C@@H](c1ccc(Br)c(F)c1)N1CCNCC1.Cl. The Morgan fingerprint density at radius 2 is 2.06 bits per heavy atom. The molecule has 0 unspecified atom stereocenters. The largest absolute Gasteiger partial charge is 0.314 e. The van der Waals surface area contributed by atoms with Gasteiger partial charge in [0.15, 0.2) is 0 Å². The van der Waals surface area contributed by atoms with Crippen LogP contribution in [0.1, 0.15) is 24.9 Å². The molecule has 18 heavy (non-hydrogen) atoms. The molecule has 0 amide bonds. The summed E-state index contributed by atoms with van der Waals surface area (Å²) in [5, 5.41) is 3.34. The second-order valence-corrected chi connectivity index (χ2v) is 5.24. The lowest BCUT2D eigenvalue weighted by molar-refractivity contribution is 0.169. The van der Waals surface area contributed by atoms with E-state index in [1.807, 2.05) is 6.07 Å². The number of benzene rings is 1. The highest BCUT2D eigenvalue weighted by Gasteiger charge is 2.21. The van der Waals surface area contributed by atoms with Crippen molar-refractivity contribution in [2.45, 2.75) is 19.4 Å². The van der Waals surface area contributed by atoms with Gasteiger partial charge in [0, 0.05) is 32.2 Å². The molecule has 0 aromatic heterocycles. The summed E-state index contributed by atoms with van der Waals surface area (Å²) in [6, 6.07) is 5.80. The van der Waals surface area contributed by atoms with Gasteiger partial charge >= 0.3 is 0 Å². The van der Waals surface area contributed by atoms with Crippen LogP contribution < -0.4 is 5.32 Å². The molecule has 2 rings (SSSR count). The van der Waals surface area contributed by atoms with E-state index in [0.717, 1.165) is 38.2 Å². The number of nitrogens with one attached hydrogen (secondary N) is 1. The smallest absolute Gasteiger partial charge is 0.137 e. The maximum atomic E-state index is 13.6. The molecule has 1 saturated heterocycles. The number of nitrogens with zero attached hydrogens (tertiary/aromatic N) is 1. The molecule has 1 fully saturated rings. The molecule has 0 saturated carbocycles. The summed E-state index contributed by atoms with van der Waals surface area (Å²) in [4.78, 5) is 2.43. The Bertz CT molecular complexity index is 383. The van der Waals surface area contributed by atoms with Gasteiger partial charge in [0.2, 0.25) is 0 Å². The van der Waals surface area contributed by atoms with Gasteiger partial charge in [-0.05, 0) is 40.0 Å². The summed E-state index contributed by atoms with van der Waals surface area (Å²) in [5.41, 5.74) is 1.08. The predicted octanol–water partition coefficient (Wildman–Crippen LogP) is 3.37. The molecule has 1 aliphatic heterocycles.